The Morgan fingerprint density at radius 1 is 1.30 bits per heavy atom. The summed E-state index contributed by atoms with van der Waals surface area (Å²) in [4.78, 5) is 0. The van der Waals surface area contributed by atoms with Crippen molar-refractivity contribution in [2.24, 2.45) is 7.05 Å². The number of hydrogen-bond donors (Lipinski definition) is 1. The van der Waals surface area contributed by atoms with E-state index in [0.29, 0.717) is 0 Å². The first kappa shape index (κ1) is 15.0. The number of aryl methyl sites for hydroxylation is 2. The van der Waals surface area contributed by atoms with E-state index in [1.807, 2.05) is 37.8 Å². The van der Waals surface area contributed by atoms with E-state index in [4.69, 9.17) is 11.6 Å². The Labute approximate surface area is 123 Å². The van der Waals surface area contributed by atoms with Crippen molar-refractivity contribution >= 4 is 11.6 Å². The maximum atomic E-state index is 12.9. The molecular weight excluding hydrogens is 277 g/mol. The van der Waals surface area contributed by atoms with Crippen molar-refractivity contribution < 1.29 is 4.39 Å². The third kappa shape index (κ3) is 3.38. The molecule has 2 rings (SSSR count). The highest BCUT2D eigenvalue weighted by Crippen LogP contribution is 2.21. The average molecular weight is 296 g/mol. The SMILES string of the molecule is CNC(Cc1ccc(F)cc1)Cc1c(Cl)c(C)nn1C. The highest BCUT2D eigenvalue weighted by atomic mass is 35.5. The Morgan fingerprint density at radius 3 is 2.45 bits per heavy atom. The molecule has 1 heterocycles. The Hall–Kier alpha value is -1.39. The highest BCUT2D eigenvalue weighted by molar-refractivity contribution is 6.31. The zero-order valence-corrected chi connectivity index (χ0v) is 12.7. The molecule has 0 saturated carbocycles. The van der Waals surface area contributed by atoms with E-state index in [-0.39, 0.29) is 11.9 Å². The van der Waals surface area contributed by atoms with Crippen LogP contribution in [0.15, 0.2) is 24.3 Å². The first-order valence-corrected chi connectivity index (χ1v) is 6.98. The molecule has 0 aliphatic heterocycles. The molecule has 0 aliphatic rings. The normalized spacial score (nSPS) is 12.7. The summed E-state index contributed by atoms with van der Waals surface area (Å²) in [5, 5.41) is 8.34. The van der Waals surface area contributed by atoms with Gasteiger partial charge in [0.1, 0.15) is 5.82 Å². The molecule has 0 radical (unpaired) electrons. The van der Waals surface area contributed by atoms with Gasteiger partial charge in [-0.1, -0.05) is 23.7 Å². The molecule has 5 heteroatoms. The number of hydrogen-bond acceptors (Lipinski definition) is 2. The first-order chi connectivity index (χ1) is 9.51. The zero-order valence-electron chi connectivity index (χ0n) is 12.0. The molecule has 1 aromatic heterocycles. The van der Waals surface area contributed by atoms with Crippen LogP contribution in [0.4, 0.5) is 4.39 Å². The highest BCUT2D eigenvalue weighted by Gasteiger charge is 2.16. The van der Waals surface area contributed by atoms with E-state index in [1.54, 1.807) is 0 Å². The second-order valence-electron chi connectivity index (χ2n) is 4.99. The Bertz CT molecular complexity index is 578. The molecule has 2 aromatic rings. The van der Waals surface area contributed by atoms with Crippen LogP contribution in [0.3, 0.4) is 0 Å². The van der Waals surface area contributed by atoms with Crippen LogP contribution >= 0.6 is 11.6 Å². The van der Waals surface area contributed by atoms with Gasteiger partial charge in [-0.25, -0.2) is 4.39 Å². The van der Waals surface area contributed by atoms with Crippen LogP contribution in [-0.2, 0) is 19.9 Å². The van der Waals surface area contributed by atoms with Crippen LogP contribution in [0.25, 0.3) is 0 Å². The maximum absolute atomic E-state index is 12.9. The van der Waals surface area contributed by atoms with Crippen molar-refractivity contribution in [3.63, 3.8) is 0 Å². The van der Waals surface area contributed by atoms with Crippen molar-refractivity contribution in [3.8, 4) is 0 Å². The van der Waals surface area contributed by atoms with Gasteiger partial charge >= 0.3 is 0 Å². The summed E-state index contributed by atoms with van der Waals surface area (Å²) >= 11 is 6.28. The van der Waals surface area contributed by atoms with Crippen LogP contribution < -0.4 is 5.32 Å². The molecule has 20 heavy (non-hydrogen) atoms. The van der Waals surface area contributed by atoms with Gasteiger partial charge in [-0.2, -0.15) is 5.10 Å². The molecule has 3 nitrogen and oxygen atoms in total. The molecule has 1 N–H and O–H groups in total. The number of rotatable bonds is 5. The maximum Gasteiger partial charge on any atom is 0.123 e. The molecule has 0 spiro atoms. The average Bonchev–Trinajstić information content (AvgIpc) is 2.66. The third-order valence-corrected chi connectivity index (χ3v) is 4.00. The molecule has 1 atom stereocenters. The topological polar surface area (TPSA) is 29.9 Å². The van der Waals surface area contributed by atoms with Gasteiger partial charge in [-0.15, -0.1) is 0 Å². The van der Waals surface area contributed by atoms with Gasteiger partial charge < -0.3 is 5.32 Å². The van der Waals surface area contributed by atoms with Gasteiger partial charge in [-0.05, 0) is 38.1 Å². The van der Waals surface area contributed by atoms with E-state index >= 15 is 0 Å². The molecule has 0 bridgehead atoms. The number of benzene rings is 1. The molecular formula is C15H19ClFN3. The minimum Gasteiger partial charge on any atom is -0.316 e. The van der Waals surface area contributed by atoms with Gasteiger partial charge in [0.05, 0.1) is 16.4 Å². The second kappa shape index (κ2) is 6.37. The predicted octanol–water partition coefficient (Wildman–Crippen LogP) is 2.89. The smallest absolute Gasteiger partial charge is 0.123 e. The standard InChI is InChI=1S/C15H19ClFN3/c1-10-15(16)14(20(3)19-10)9-13(18-2)8-11-4-6-12(17)7-5-11/h4-7,13,18H,8-9H2,1-3H3. The predicted molar refractivity (Wildman–Crippen MR) is 79.6 cm³/mol. The number of aromatic nitrogens is 2. The lowest BCUT2D eigenvalue weighted by Gasteiger charge is -2.16. The summed E-state index contributed by atoms with van der Waals surface area (Å²) in [6, 6.07) is 6.84. The van der Waals surface area contributed by atoms with E-state index in [1.165, 1.54) is 12.1 Å². The van der Waals surface area contributed by atoms with E-state index in [2.05, 4.69) is 10.4 Å². The van der Waals surface area contributed by atoms with Crippen molar-refractivity contribution in [1.29, 1.82) is 0 Å². The fourth-order valence-corrected chi connectivity index (χ4v) is 2.55. The molecule has 1 unspecified atom stereocenters. The lowest BCUT2D eigenvalue weighted by Crippen LogP contribution is -2.30. The van der Waals surface area contributed by atoms with Crippen LogP contribution in [-0.4, -0.2) is 22.9 Å². The lowest BCUT2D eigenvalue weighted by atomic mass is 10.0. The summed E-state index contributed by atoms with van der Waals surface area (Å²) in [7, 11) is 3.82. The Kier molecular flexibility index (Phi) is 4.78. The summed E-state index contributed by atoms with van der Waals surface area (Å²) in [5.74, 6) is -0.208. The van der Waals surface area contributed by atoms with Crippen LogP contribution in [0.1, 0.15) is 17.0 Å². The van der Waals surface area contributed by atoms with Gasteiger partial charge in [0.25, 0.3) is 0 Å². The van der Waals surface area contributed by atoms with Crippen molar-refractivity contribution in [2.45, 2.75) is 25.8 Å². The number of likely N-dealkylation sites (N-methyl/N-ethyl adjacent to an activating group) is 1. The molecule has 0 saturated heterocycles. The van der Waals surface area contributed by atoms with Crippen molar-refractivity contribution in [2.75, 3.05) is 7.05 Å². The molecule has 1 aromatic carbocycles. The molecule has 0 aliphatic carbocycles. The number of nitrogens with one attached hydrogen (secondary N) is 1. The molecule has 0 amide bonds. The summed E-state index contributed by atoms with van der Waals surface area (Å²) in [5.41, 5.74) is 2.96. The van der Waals surface area contributed by atoms with Gasteiger partial charge in [0, 0.05) is 19.5 Å². The summed E-state index contributed by atoms with van der Waals surface area (Å²) in [6.07, 6.45) is 1.60. The minimum absolute atomic E-state index is 0.208. The lowest BCUT2D eigenvalue weighted by molar-refractivity contribution is 0.533. The Balaban J connectivity index is 2.11. The van der Waals surface area contributed by atoms with E-state index < -0.39 is 0 Å². The number of halogens is 2. The van der Waals surface area contributed by atoms with Crippen LogP contribution in [0.5, 0.6) is 0 Å². The fraction of sp³-hybridized carbons (Fsp3) is 0.400. The molecule has 0 fully saturated rings. The molecule has 108 valence electrons. The quantitative estimate of drug-likeness (QED) is 0.919. The van der Waals surface area contributed by atoms with E-state index in [9.17, 15) is 4.39 Å². The first-order valence-electron chi connectivity index (χ1n) is 6.61. The van der Waals surface area contributed by atoms with Gasteiger partial charge in [-0.3, -0.25) is 4.68 Å². The van der Waals surface area contributed by atoms with Crippen molar-refractivity contribution in [1.82, 2.24) is 15.1 Å². The van der Waals surface area contributed by atoms with E-state index in [0.717, 1.165) is 34.8 Å². The van der Waals surface area contributed by atoms with Gasteiger partial charge in [0.2, 0.25) is 0 Å². The van der Waals surface area contributed by atoms with Gasteiger partial charge in [0.15, 0.2) is 0 Å². The largest absolute Gasteiger partial charge is 0.316 e. The summed E-state index contributed by atoms with van der Waals surface area (Å²) in [6.45, 7) is 1.90. The third-order valence-electron chi connectivity index (χ3n) is 3.50. The zero-order chi connectivity index (χ0) is 14.7. The monoisotopic (exact) mass is 295 g/mol. The van der Waals surface area contributed by atoms with Crippen LogP contribution in [0, 0.1) is 12.7 Å². The summed E-state index contributed by atoms with van der Waals surface area (Å²) < 4.78 is 14.7. The van der Waals surface area contributed by atoms with Crippen LogP contribution in [0.2, 0.25) is 5.02 Å². The van der Waals surface area contributed by atoms with Crippen molar-refractivity contribution in [3.05, 3.63) is 52.1 Å². The Morgan fingerprint density at radius 2 is 1.95 bits per heavy atom. The minimum atomic E-state index is -0.208. The second-order valence-corrected chi connectivity index (χ2v) is 5.37. The number of nitrogens with zero attached hydrogens (tertiary/aromatic N) is 2. The fourth-order valence-electron chi connectivity index (χ4n) is 2.32.